The van der Waals surface area contributed by atoms with E-state index in [1.165, 1.54) is 36.4 Å². The van der Waals surface area contributed by atoms with Crippen molar-refractivity contribution in [3.63, 3.8) is 0 Å². The van der Waals surface area contributed by atoms with Crippen LogP contribution < -0.4 is 9.47 Å². The van der Waals surface area contributed by atoms with E-state index in [0.717, 1.165) is 0 Å². The Balaban J connectivity index is 1.60. The molecule has 0 unspecified atom stereocenters. The Labute approximate surface area is 207 Å². The van der Waals surface area contributed by atoms with E-state index in [1.54, 1.807) is 12.1 Å². The second kappa shape index (κ2) is 9.92. The van der Waals surface area contributed by atoms with E-state index in [1.807, 2.05) is 0 Å². The molecule has 12 heteroatoms. The third-order valence-electron chi connectivity index (χ3n) is 5.16. The van der Waals surface area contributed by atoms with Gasteiger partial charge in [0, 0.05) is 12.1 Å². The molecule has 4 aromatic rings. The zero-order chi connectivity index (χ0) is 27.8. The lowest BCUT2D eigenvalue weighted by molar-refractivity contribution is -0.276. The van der Waals surface area contributed by atoms with Gasteiger partial charge in [0.1, 0.15) is 28.8 Å². The molecule has 0 bridgehead atoms. The van der Waals surface area contributed by atoms with E-state index >= 15 is 0 Å². The van der Waals surface area contributed by atoms with Gasteiger partial charge in [-0.1, -0.05) is 36.4 Å². The van der Waals surface area contributed by atoms with E-state index in [4.69, 9.17) is 0 Å². The van der Waals surface area contributed by atoms with Crippen molar-refractivity contribution < 1.29 is 53.4 Å². The highest BCUT2D eigenvalue weighted by molar-refractivity contribution is 5.70. The number of halogens is 10. The number of rotatable bonds is 6. The fourth-order valence-corrected chi connectivity index (χ4v) is 3.52. The third kappa shape index (κ3) is 5.84. The molecule has 0 atom stereocenters. The van der Waals surface area contributed by atoms with E-state index in [9.17, 15) is 43.9 Å². The fourth-order valence-electron chi connectivity index (χ4n) is 3.52. The molecule has 0 fully saturated rings. The lowest BCUT2D eigenvalue weighted by Crippen LogP contribution is -2.25. The molecule has 0 aliphatic heterocycles. The monoisotopic (exact) mass is 546 g/mol. The molecule has 4 aromatic carbocycles. The minimum Gasteiger partial charge on any atom is -0.429 e. The van der Waals surface area contributed by atoms with E-state index in [-0.39, 0.29) is 23.3 Å². The van der Waals surface area contributed by atoms with Crippen LogP contribution in [0.1, 0.15) is 5.56 Å². The molecular formula is C26H12F10O2. The Morgan fingerprint density at radius 3 is 1.34 bits per heavy atom. The SMILES string of the molecule is Fc1ccc(-c2ccc(-c3cc(F)c(C(F)(F)Oc4cc(F)c(OC(F)(F)F)c(F)c4)c(F)c3)cc2)cc1. The van der Waals surface area contributed by atoms with Crippen molar-refractivity contribution in [2.75, 3.05) is 0 Å². The van der Waals surface area contributed by atoms with E-state index in [0.29, 0.717) is 23.3 Å². The highest BCUT2D eigenvalue weighted by Gasteiger charge is 2.42. The summed E-state index contributed by atoms with van der Waals surface area (Å²) < 4.78 is 143. The van der Waals surface area contributed by atoms with Gasteiger partial charge in [0.2, 0.25) is 5.75 Å². The molecule has 0 heterocycles. The molecule has 38 heavy (non-hydrogen) atoms. The van der Waals surface area contributed by atoms with Gasteiger partial charge in [-0.25, -0.2) is 22.0 Å². The molecule has 0 saturated heterocycles. The van der Waals surface area contributed by atoms with Crippen molar-refractivity contribution in [2.24, 2.45) is 0 Å². The molecule has 0 radical (unpaired) electrons. The summed E-state index contributed by atoms with van der Waals surface area (Å²) in [5, 5.41) is 0. The molecule has 0 spiro atoms. The Bertz CT molecular complexity index is 1420. The largest absolute Gasteiger partial charge is 0.573 e. The van der Waals surface area contributed by atoms with Gasteiger partial charge in [-0.05, 0) is 46.5 Å². The van der Waals surface area contributed by atoms with Crippen LogP contribution in [0.3, 0.4) is 0 Å². The molecule has 0 amide bonds. The summed E-state index contributed by atoms with van der Waals surface area (Å²) in [6.45, 7) is 0. The maximum atomic E-state index is 14.7. The van der Waals surface area contributed by atoms with Crippen molar-refractivity contribution in [1.82, 2.24) is 0 Å². The summed E-state index contributed by atoms with van der Waals surface area (Å²) in [6, 6.07) is 12.5. The summed E-state index contributed by atoms with van der Waals surface area (Å²) in [4.78, 5) is 0. The lowest BCUT2D eigenvalue weighted by Gasteiger charge is -2.20. The third-order valence-corrected chi connectivity index (χ3v) is 5.16. The second-order valence-electron chi connectivity index (χ2n) is 7.78. The Morgan fingerprint density at radius 2 is 0.895 bits per heavy atom. The number of hydrogen-bond acceptors (Lipinski definition) is 2. The van der Waals surface area contributed by atoms with E-state index < -0.39 is 58.6 Å². The van der Waals surface area contributed by atoms with Gasteiger partial charge in [-0.3, -0.25) is 0 Å². The highest BCUT2D eigenvalue weighted by Crippen LogP contribution is 2.39. The first-order chi connectivity index (χ1) is 17.7. The molecule has 0 aliphatic carbocycles. The molecule has 0 aromatic heterocycles. The smallest absolute Gasteiger partial charge is 0.429 e. The minimum atomic E-state index is -5.48. The number of hydrogen-bond donors (Lipinski definition) is 0. The predicted octanol–water partition coefficient (Wildman–Crippen LogP) is 8.74. The average molecular weight is 546 g/mol. The molecule has 0 N–H and O–H groups in total. The Kier molecular flexibility index (Phi) is 7.00. The maximum Gasteiger partial charge on any atom is 0.573 e. The van der Waals surface area contributed by atoms with Gasteiger partial charge in [0.15, 0.2) is 11.6 Å². The fraction of sp³-hybridized carbons (Fsp3) is 0.0769. The summed E-state index contributed by atoms with van der Waals surface area (Å²) in [5.41, 5.74) is -0.531. The molecule has 0 saturated carbocycles. The zero-order valence-corrected chi connectivity index (χ0v) is 18.5. The maximum absolute atomic E-state index is 14.7. The summed E-state index contributed by atoms with van der Waals surface area (Å²) >= 11 is 0. The normalized spacial score (nSPS) is 11.9. The van der Waals surface area contributed by atoms with Gasteiger partial charge in [0.05, 0.1) is 0 Å². The van der Waals surface area contributed by atoms with Crippen LogP contribution in [0.5, 0.6) is 11.5 Å². The van der Waals surface area contributed by atoms with E-state index in [2.05, 4.69) is 9.47 Å². The van der Waals surface area contributed by atoms with Crippen LogP contribution in [0.4, 0.5) is 43.9 Å². The van der Waals surface area contributed by atoms with Crippen molar-refractivity contribution >= 4 is 0 Å². The van der Waals surface area contributed by atoms with Gasteiger partial charge in [-0.2, -0.15) is 8.78 Å². The highest BCUT2D eigenvalue weighted by atomic mass is 19.4. The minimum absolute atomic E-state index is 0.0646. The molecule has 198 valence electrons. The first-order valence-electron chi connectivity index (χ1n) is 10.4. The van der Waals surface area contributed by atoms with Crippen LogP contribution in [0, 0.1) is 29.1 Å². The first kappa shape index (κ1) is 26.8. The summed E-state index contributed by atoms with van der Waals surface area (Å²) in [5.74, 6) is -11.4. The van der Waals surface area contributed by atoms with Gasteiger partial charge >= 0.3 is 12.5 Å². The second-order valence-corrected chi connectivity index (χ2v) is 7.78. The number of alkyl halides is 5. The molecule has 2 nitrogen and oxygen atoms in total. The van der Waals surface area contributed by atoms with Crippen LogP contribution in [0.2, 0.25) is 0 Å². The van der Waals surface area contributed by atoms with Crippen molar-refractivity contribution in [2.45, 2.75) is 12.5 Å². The Hall–Kier alpha value is -4.22. The molecule has 0 aliphatic rings. The van der Waals surface area contributed by atoms with Crippen LogP contribution >= 0.6 is 0 Å². The topological polar surface area (TPSA) is 18.5 Å². The molecule has 4 rings (SSSR count). The van der Waals surface area contributed by atoms with Crippen LogP contribution in [0.25, 0.3) is 22.3 Å². The van der Waals surface area contributed by atoms with Crippen LogP contribution in [0.15, 0.2) is 72.8 Å². The first-order valence-corrected chi connectivity index (χ1v) is 10.4. The van der Waals surface area contributed by atoms with Crippen molar-refractivity contribution in [1.29, 1.82) is 0 Å². The summed E-state index contributed by atoms with van der Waals surface area (Å²) in [6.07, 6.45) is -10.3. The van der Waals surface area contributed by atoms with Gasteiger partial charge in [-0.15, -0.1) is 13.2 Å². The van der Waals surface area contributed by atoms with Crippen molar-refractivity contribution in [3.05, 3.63) is 107 Å². The average Bonchev–Trinajstić information content (AvgIpc) is 2.80. The summed E-state index contributed by atoms with van der Waals surface area (Å²) in [7, 11) is 0. The van der Waals surface area contributed by atoms with Gasteiger partial charge in [0.25, 0.3) is 0 Å². The van der Waals surface area contributed by atoms with Crippen LogP contribution in [-0.4, -0.2) is 6.36 Å². The number of ether oxygens (including phenoxy) is 2. The Morgan fingerprint density at radius 1 is 0.474 bits per heavy atom. The zero-order valence-electron chi connectivity index (χ0n) is 18.5. The number of benzene rings is 4. The lowest BCUT2D eigenvalue weighted by atomic mass is 9.99. The van der Waals surface area contributed by atoms with Gasteiger partial charge < -0.3 is 9.47 Å². The van der Waals surface area contributed by atoms with Crippen LogP contribution in [-0.2, 0) is 6.11 Å². The van der Waals surface area contributed by atoms with Crippen molar-refractivity contribution in [3.8, 4) is 33.8 Å². The quantitative estimate of drug-likeness (QED) is 0.225. The standard InChI is InChI=1S/C26H12F10O2/c27-17-7-5-14(6-8-17)13-1-3-15(4-2-13)16-9-19(28)23(20(29)10-16)25(32,33)37-18-11-21(30)24(22(31)12-18)38-26(34,35)36/h1-12H. The predicted molar refractivity (Wildman–Crippen MR) is 115 cm³/mol. The molecular weight excluding hydrogens is 534 g/mol.